The van der Waals surface area contributed by atoms with Gasteiger partial charge in [-0.2, -0.15) is 0 Å². The first-order valence-electron chi connectivity index (χ1n) is 6.85. The Kier molecular flexibility index (Phi) is 3.43. The van der Waals surface area contributed by atoms with E-state index in [-0.39, 0.29) is 5.41 Å². The number of nitrogens with zero attached hydrogens (tertiary/aromatic N) is 2. The second kappa shape index (κ2) is 4.63. The number of nitrogen functional groups attached to an aromatic ring is 1. The highest BCUT2D eigenvalue weighted by atomic mass is 15.3. The van der Waals surface area contributed by atoms with Crippen molar-refractivity contribution in [3.63, 3.8) is 0 Å². The van der Waals surface area contributed by atoms with E-state index in [2.05, 4.69) is 48.4 Å². The highest BCUT2D eigenvalue weighted by Crippen LogP contribution is 2.44. The topological polar surface area (TPSA) is 75.9 Å². The highest BCUT2D eigenvalue weighted by molar-refractivity contribution is 5.57. The van der Waals surface area contributed by atoms with Crippen LogP contribution < -0.4 is 16.6 Å². The predicted octanol–water partition coefficient (Wildman–Crippen LogP) is 2.58. The summed E-state index contributed by atoms with van der Waals surface area (Å²) < 4.78 is 0. The molecule has 2 rings (SSSR count). The van der Waals surface area contributed by atoms with E-state index in [1.807, 2.05) is 6.92 Å². The van der Waals surface area contributed by atoms with Gasteiger partial charge in [-0.05, 0) is 25.2 Å². The molecule has 1 saturated carbocycles. The molecule has 1 aliphatic carbocycles. The van der Waals surface area contributed by atoms with Crippen LogP contribution in [0.3, 0.4) is 0 Å². The normalized spacial score (nSPS) is 17.2. The number of hydrogen-bond acceptors (Lipinski definition) is 5. The molecule has 0 atom stereocenters. The maximum Gasteiger partial charge on any atom is 0.148 e. The number of rotatable bonds is 4. The van der Waals surface area contributed by atoms with Gasteiger partial charge in [0.05, 0.1) is 0 Å². The van der Waals surface area contributed by atoms with Crippen LogP contribution in [0.5, 0.6) is 0 Å². The molecule has 1 aromatic rings. The Morgan fingerprint density at radius 2 is 1.79 bits per heavy atom. The van der Waals surface area contributed by atoms with Gasteiger partial charge in [-0.15, -0.1) is 0 Å². The van der Waals surface area contributed by atoms with Crippen LogP contribution in [-0.2, 0) is 5.41 Å². The average molecular weight is 263 g/mol. The lowest BCUT2D eigenvalue weighted by molar-refractivity contribution is 0.544. The molecule has 0 amide bonds. The van der Waals surface area contributed by atoms with Crippen molar-refractivity contribution in [3.05, 3.63) is 11.4 Å². The van der Waals surface area contributed by atoms with Crippen LogP contribution in [-0.4, -0.2) is 16.5 Å². The van der Waals surface area contributed by atoms with Crippen molar-refractivity contribution >= 4 is 11.6 Å². The van der Waals surface area contributed by atoms with Gasteiger partial charge in [0.25, 0.3) is 0 Å². The summed E-state index contributed by atoms with van der Waals surface area (Å²) in [4.78, 5) is 9.16. The summed E-state index contributed by atoms with van der Waals surface area (Å²) in [6, 6.07) is 0. The lowest BCUT2D eigenvalue weighted by Gasteiger charge is -2.21. The summed E-state index contributed by atoms with van der Waals surface area (Å²) in [5.41, 5.74) is 3.98. The summed E-state index contributed by atoms with van der Waals surface area (Å²) in [5.74, 6) is 7.95. The van der Waals surface area contributed by atoms with Crippen LogP contribution in [0, 0.1) is 12.3 Å². The molecule has 5 nitrogen and oxygen atoms in total. The lowest BCUT2D eigenvalue weighted by atomic mass is 9.95. The summed E-state index contributed by atoms with van der Waals surface area (Å²) in [6.07, 6.45) is 2.58. The highest BCUT2D eigenvalue weighted by Gasteiger charge is 2.37. The summed E-state index contributed by atoms with van der Waals surface area (Å²) in [5, 5.41) is 3.46. The summed E-state index contributed by atoms with van der Waals surface area (Å²) >= 11 is 0. The lowest BCUT2D eigenvalue weighted by Crippen LogP contribution is -2.22. The maximum absolute atomic E-state index is 5.56. The quantitative estimate of drug-likeness (QED) is 0.575. The minimum Gasteiger partial charge on any atom is -0.369 e. The molecule has 1 fully saturated rings. The second-order valence-electron chi connectivity index (χ2n) is 6.93. The molecule has 0 unspecified atom stereocenters. The number of aromatic nitrogens is 2. The minimum atomic E-state index is -0.0980. The van der Waals surface area contributed by atoms with Crippen LogP contribution >= 0.6 is 0 Å². The largest absolute Gasteiger partial charge is 0.369 e. The van der Waals surface area contributed by atoms with Crippen molar-refractivity contribution in [3.8, 4) is 0 Å². The number of nitrogens with one attached hydrogen (secondary N) is 2. The third-order valence-corrected chi connectivity index (χ3v) is 3.74. The smallest absolute Gasteiger partial charge is 0.148 e. The zero-order valence-electron chi connectivity index (χ0n) is 12.6. The van der Waals surface area contributed by atoms with E-state index < -0.39 is 0 Å². The van der Waals surface area contributed by atoms with Gasteiger partial charge in [-0.3, -0.25) is 0 Å². The average Bonchev–Trinajstić information content (AvgIpc) is 3.05. The molecular weight excluding hydrogens is 238 g/mol. The molecule has 0 aromatic carbocycles. The van der Waals surface area contributed by atoms with E-state index in [0.29, 0.717) is 11.2 Å². The Morgan fingerprint density at radius 3 is 2.26 bits per heavy atom. The number of hydrazine groups is 1. The van der Waals surface area contributed by atoms with Gasteiger partial charge in [0.15, 0.2) is 0 Å². The first-order valence-corrected chi connectivity index (χ1v) is 6.85. The number of nitrogens with two attached hydrogens (primary N) is 1. The van der Waals surface area contributed by atoms with Gasteiger partial charge < -0.3 is 10.7 Å². The van der Waals surface area contributed by atoms with Gasteiger partial charge in [-0.25, -0.2) is 15.8 Å². The van der Waals surface area contributed by atoms with Crippen LogP contribution in [0.4, 0.5) is 11.6 Å². The van der Waals surface area contributed by atoms with Crippen molar-refractivity contribution in [2.24, 2.45) is 11.3 Å². The molecular formula is C14H25N5. The van der Waals surface area contributed by atoms with Crippen molar-refractivity contribution in [2.75, 3.05) is 17.3 Å². The van der Waals surface area contributed by atoms with Gasteiger partial charge in [-0.1, -0.05) is 27.7 Å². The fourth-order valence-corrected chi connectivity index (χ4v) is 1.85. The molecule has 1 aliphatic rings. The van der Waals surface area contributed by atoms with E-state index in [1.165, 1.54) is 12.8 Å². The van der Waals surface area contributed by atoms with Gasteiger partial charge in [0.1, 0.15) is 17.5 Å². The molecule has 5 heteroatoms. The van der Waals surface area contributed by atoms with Gasteiger partial charge >= 0.3 is 0 Å². The van der Waals surface area contributed by atoms with Crippen molar-refractivity contribution in [1.29, 1.82) is 0 Å². The van der Waals surface area contributed by atoms with Gasteiger partial charge in [0, 0.05) is 17.5 Å². The zero-order chi connectivity index (χ0) is 14.3. The third-order valence-electron chi connectivity index (χ3n) is 3.74. The molecule has 0 radical (unpaired) electrons. The Balaban J connectivity index is 2.29. The van der Waals surface area contributed by atoms with E-state index in [4.69, 9.17) is 5.84 Å². The van der Waals surface area contributed by atoms with E-state index >= 15 is 0 Å². The van der Waals surface area contributed by atoms with Crippen molar-refractivity contribution in [2.45, 2.75) is 52.9 Å². The monoisotopic (exact) mass is 263 g/mol. The standard InChI is InChI=1S/C14H25N5/c1-9-10(16-8-14(5)6-7-14)17-12(13(2,3)4)18-11(9)19-15/h6-8,15H2,1-5H3,(H2,16,17,18,19). The maximum atomic E-state index is 5.56. The van der Waals surface area contributed by atoms with Crippen LogP contribution in [0.25, 0.3) is 0 Å². The Hall–Kier alpha value is -1.36. The summed E-state index contributed by atoms with van der Waals surface area (Å²) in [6.45, 7) is 11.5. The molecule has 19 heavy (non-hydrogen) atoms. The summed E-state index contributed by atoms with van der Waals surface area (Å²) in [7, 11) is 0. The Morgan fingerprint density at radius 1 is 1.21 bits per heavy atom. The molecule has 1 aromatic heterocycles. The predicted molar refractivity (Wildman–Crippen MR) is 79.1 cm³/mol. The van der Waals surface area contributed by atoms with Crippen molar-refractivity contribution in [1.82, 2.24) is 9.97 Å². The Bertz CT molecular complexity index is 471. The molecule has 0 saturated heterocycles. The van der Waals surface area contributed by atoms with E-state index in [9.17, 15) is 0 Å². The minimum absolute atomic E-state index is 0.0980. The molecule has 4 N–H and O–H groups in total. The van der Waals surface area contributed by atoms with E-state index in [1.54, 1.807) is 0 Å². The SMILES string of the molecule is Cc1c(NN)nc(C(C)(C)C)nc1NCC1(C)CC1. The molecule has 106 valence electrons. The molecule has 0 bridgehead atoms. The fraction of sp³-hybridized carbons (Fsp3) is 0.714. The molecule has 0 spiro atoms. The van der Waals surface area contributed by atoms with Crippen molar-refractivity contribution < 1.29 is 0 Å². The Labute approximate surface area is 115 Å². The first kappa shape index (κ1) is 14.1. The molecule has 0 aliphatic heterocycles. The zero-order valence-corrected chi connectivity index (χ0v) is 12.6. The van der Waals surface area contributed by atoms with Crippen LogP contribution in [0.15, 0.2) is 0 Å². The third kappa shape index (κ3) is 3.15. The van der Waals surface area contributed by atoms with Crippen LogP contribution in [0.1, 0.15) is 51.9 Å². The first-order chi connectivity index (χ1) is 8.75. The van der Waals surface area contributed by atoms with Gasteiger partial charge in [0.2, 0.25) is 0 Å². The number of hydrogen-bond donors (Lipinski definition) is 3. The fourth-order valence-electron chi connectivity index (χ4n) is 1.85. The van der Waals surface area contributed by atoms with E-state index in [0.717, 1.165) is 23.8 Å². The number of anilines is 2. The second-order valence-corrected chi connectivity index (χ2v) is 6.93. The molecule has 1 heterocycles. The van der Waals surface area contributed by atoms with Crippen LogP contribution in [0.2, 0.25) is 0 Å².